The van der Waals surface area contributed by atoms with Gasteiger partial charge in [-0.1, -0.05) is 12.1 Å². The first kappa shape index (κ1) is 12.6. The van der Waals surface area contributed by atoms with Crippen molar-refractivity contribution in [3.8, 4) is 5.75 Å². The zero-order chi connectivity index (χ0) is 13.0. The third-order valence-corrected chi connectivity index (χ3v) is 2.84. The smallest absolute Gasteiger partial charge is 0.119 e. The Hall–Kier alpha value is -1.87. The van der Waals surface area contributed by atoms with Crippen LogP contribution in [0.1, 0.15) is 29.7 Å². The topological polar surface area (TPSA) is 42.4 Å². The fraction of sp³-hybridized carbons (Fsp3) is 0.267. The summed E-state index contributed by atoms with van der Waals surface area (Å²) >= 11 is 0. The van der Waals surface area contributed by atoms with Crippen molar-refractivity contribution in [2.24, 2.45) is 0 Å². The number of ether oxygens (including phenoxy) is 1. The molecule has 3 nitrogen and oxygen atoms in total. The molecular formula is C15H17NO2. The second-order valence-electron chi connectivity index (χ2n) is 4.14. The Bertz CT molecular complexity index is 525. The van der Waals surface area contributed by atoms with E-state index >= 15 is 0 Å². The molecule has 0 fully saturated rings. The second kappa shape index (κ2) is 5.65. The minimum absolute atomic E-state index is 0.619. The second-order valence-corrected chi connectivity index (χ2v) is 4.14. The van der Waals surface area contributed by atoms with E-state index in [1.165, 1.54) is 0 Å². The maximum Gasteiger partial charge on any atom is 0.119 e. The summed E-state index contributed by atoms with van der Waals surface area (Å²) in [4.78, 5) is 4.03. The molecule has 2 aromatic rings. The normalized spacial score (nSPS) is 12.2. The zero-order valence-electron chi connectivity index (χ0n) is 10.6. The lowest BCUT2D eigenvalue weighted by atomic mass is 9.99. The molecule has 0 saturated heterocycles. The maximum atomic E-state index is 10.4. The minimum atomic E-state index is -0.645. The van der Waals surface area contributed by atoms with E-state index in [9.17, 15) is 5.11 Å². The number of aliphatic hydroxyl groups excluding tert-OH is 1. The van der Waals surface area contributed by atoms with E-state index in [1.807, 2.05) is 44.2 Å². The van der Waals surface area contributed by atoms with Gasteiger partial charge in [-0.3, -0.25) is 4.98 Å². The molecule has 18 heavy (non-hydrogen) atoms. The van der Waals surface area contributed by atoms with E-state index in [-0.39, 0.29) is 0 Å². The molecule has 0 bridgehead atoms. The van der Waals surface area contributed by atoms with Crippen molar-refractivity contribution in [2.75, 3.05) is 6.61 Å². The van der Waals surface area contributed by atoms with Crippen molar-refractivity contribution in [3.05, 3.63) is 59.4 Å². The lowest BCUT2D eigenvalue weighted by Gasteiger charge is -2.14. The van der Waals surface area contributed by atoms with Gasteiger partial charge in [0.05, 0.1) is 6.61 Å². The molecule has 1 N–H and O–H groups in total. The van der Waals surface area contributed by atoms with Crippen LogP contribution in [0, 0.1) is 6.92 Å². The molecule has 0 aliphatic heterocycles. The van der Waals surface area contributed by atoms with Crippen LogP contribution >= 0.6 is 0 Å². The van der Waals surface area contributed by atoms with Crippen LogP contribution in [0.2, 0.25) is 0 Å². The largest absolute Gasteiger partial charge is 0.494 e. The summed E-state index contributed by atoms with van der Waals surface area (Å²) in [6.07, 6.45) is 2.80. The molecule has 1 unspecified atom stereocenters. The molecule has 0 saturated carbocycles. The molecule has 2 rings (SSSR count). The Balaban J connectivity index is 2.31. The summed E-state index contributed by atoms with van der Waals surface area (Å²) in [5.74, 6) is 0.778. The standard InChI is InChI=1S/C15H17NO2/c1-3-18-13-6-4-5-12(9-13)15(17)14-7-8-16-10-11(14)2/h4-10,15,17H,3H2,1-2H3. The Morgan fingerprint density at radius 2 is 2.17 bits per heavy atom. The predicted octanol–water partition coefficient (Wildman–Crippen LogP) is 2.87. The first-order valence-electron chi connectivity index (χ1n) is 6.03. The summed E-state index contributed by atoms with van der Waals surface area (Å²) in [7, 11) is 0. The van der Waals surface area contributed by atoms with Crippen molar-refractivity contribution < 1.29 is 9.84 Å². The fourth-order valence-electron chi connectivity index (χ4n) is 1.91. The molecule has 1 atom stereocenters. The fourth-order valence-corrected chi connectivity index (χ4v) is 1.91. The van der Waals surface area contributed by atoms with E-state index < -0.39 is 6.10 Å². The van der Waals surface area contributed by atoms with Gasteiger partial charge >= 0.3 is 0 Å². The maximum absolute atomic E-state index is 10.4. The average molecular weight is 243 g/mol. The van der Waals surface area contributed by atoms with E-state index in [1.54, 1.807) is 12.4 Å². The Morgan fingerprint density at radius 1 is 1.33 bits per heavy atom. The quantitative estimate of drug-likeness (QED) is 0.897. The SMILES string of the molecule is CCOc1cccc(C(O)c2ccncc2C)c1. The molecule has 1 aromatic carbocycles. The lowest BCUT2D eigenvalue weighted by molar-refractivity contribution is 0.218. The van der Waals surface area contributed by atoms with E-state index in [2.05, 4.69) is 4.98 Å². The number of aromatic nitrogens is 1. The van der Waals surface area contributed by atoms with Crippen LogP contribution in [-0.2, 0) is 0 Å². The van der Waals surface area contributed by atoms with Gasteiger partial charge < -0.3 is 9.84 Å². The molecule has 0 radical (unpaired) electrons. The van der Waals surface area contributed by atoms with Gasteiger partial charge in [0.15, 0.2) is 0 Å². The van der Waals surface area contributed by atoms with Gasteiger partial charge in [-0.25, -0.2) is 0 Å². The summed E-state index contributed by atoms with van der Waals surface area (Å²) in [6.45, 7) is 4.50. The Morgan fingerprint density at radius 3 is 2.89 bits per heavy atom. The summed E-state index contributed by atoms with van der Waals surface area (Å²) in [5.41, 5.74) is 2.68. The molecular weight excluding hydrogens is 226 g/mol. The number of rotatable bonds is 4. The van der Waals surface area contributed by atoms with Crippen LogP contribution in [0.5, 0.6) is 5.75 Å². The third kappa shape index (κ3) is 2.68. The highest BCUT2D eigenvalue weighted by Gasteiger charge is 2.13. The monoisotopic (exact) mass is 243 g/mol. The average Bonchev–Trinajstić information content (AvgIpc) is 2.39. The Kier molecular flexibility index (Phi) is 3.95. The number of hydrogen-bond acceptors (Lipinski definition) is 3. The highest BCUT2D eigenvalue weighted by Crippen LogP contribution is 2.26. The minimum Gasteiger partial charge on any atom is -0.494 e. The molecule has 0 amide bonds. The van der Waals surface area contributed by atoms with Gasteiger partial charge in [0.1, 0.15) is 11.9 Å². The molecule has 0 spiro atoms. The van der Waals surface area contributed by atoms with Crippen LogP contribution in [0.3, 0.4) is 0 Å². The number of benzene rings is 1. The first-order chi connectivity index (χ1) is 8.72. The Labute approximate surface area is 107 Å². The van der Waals surface area contributed by atoms with Crippen LogP contribution < -0.4 is 4.74 Å². The molecule has 1 heterocycles. The molecule has 3 heteroatoms. The highest BCUT2D eigenvalue weighted by atomic mass is 16.5. The van der Waals surface area contributed by atoms with Crippen LogP contribution in [0.4, 0.5) is 0 Å². The van der Waals surface area contributed by atoms with Crippen molar-refractivity contribution >= 4 is 0 Å². The summed E-state index contributed by atoms with van der Waals surface area (Å²) in [5, 5.41) is 10.4. The number of hydrogen-bond donors (Lipinski definition) is 1. The van der Waals surface area contributed by atoms with Gasteiger partial charge in [-0.2, -0.15) is 0 Å². The number of nitrogens with zero attached hydrogens (tertiary/aromatic N) is 1. The summed E-state index contributed by atoms with van der Waals surface area (Å²) in [6, 6.07) is 9.38. The van der Waals surface area contributed by atoms with E-state index in [0.717, 1.165) is 22.4 Å². The van der Waals surface area contributed by atoms with Gasteiger partial charge in [-0.05, 0) is 48.7 Å². The van der Waals surface area contributed by atoms with Gasteiger partial charge in [0, 0.05) is 12.4 Å². The highest BCUT2D eigenvalue weighted by molar-refractivity contribution is 5.37. The summed E-state index contributed by atoms with van der Waals surface area (Å²) < 4.78 is 5.44. The zero-order valence-corrected chi connectivity index (χ0v) is 10.6. The van der Waals surface area contributed by atoms with E-state index in [0.29, 0.717) is 6.61 Å². The molecule has 94 valence electrons. The van der Waals surface area contributed by atoms with Crippen LogP contribution in [0.25, 0.3) is 0 Å². The van der Waals surface area contributed by atoms with Gasteiger partial charge in [0.25, 0.3) is 0 Å². The molecule has 0 aliphatic carbocycles. The first-order valence-corrected chi connectivity index (χ1v) is 6.03. The molecule has 1 aromatic heterocycles. The van der Waals surface area contributed by atoms with Crippen LogP contribution in [0.15, 0.2) is 42.7 Å². The van der Waals surface area contributed by atoms with Crippen LogP contribution in [-0.4, -0.2) is 16.7 Å². The number of aliphatic hydroxyl groups is 1. The number of aryl methyl sites for hydroxylation is 1. The molecule has 0 aliphatic rings. The van der Waals surface area contributed by atoms with Crippen molar-refractivity contribution in [3.63, 3.8) is 0 Å². The van der Waals surface area contributed by atoms with Gasteiger partial charge in [0.2, 0.25) is 0 Å². The lowest BCUT2D eigenvalue weighted by Crippen LogP contribution is -2.03. The van der Waals surface area contributed by atoms with Crippen molar-refractivity contribution in [1.82, 2.24) is 4.98 Å². The third-order valence-electron chi connectivity index (χ3n) is 2.84. The predicted molar refractivity (Wildman–Crippen MR) is 70.6 cm³/mol. The van der Waals surface area contributed by atoms with Crippen molar-refractivity contribution in [2.45, 2.75) is 20.0 Å². The van der Waals surface area contributed by atoms with E-state index in [4.69, 9.17) is 4.74 Å². The van der Waals surface area contributed by atoms with Gasteiger partial charge in [-0.15, -0.1) is 0 Å². The van der Waals surface area contributed by atoms with Crippen molar-refractivity contribution in [1.29, 1.82) is 0 Å². The number of pyridine rings is 1.